The van der Waals surface area contributed by atoms with Crippen molar-refractivity contribution in [3.8, 4) is 11.5 Å². The zero-order chi connectivity index (χ0) is 10.7. The number of hydrogen-bond donors (Lipinski definition) is 1. The second-order valence-electron chi connectivity index (χ2n) is 2.75. The van der Waals surface area contributed by atoms with E-state index < -0.39 is 0 Å². The molecule has 0 heterocycles. The first-order chi connectivity index (χ1) is 6.61. The smallest absolute Gasteiger partial charge is 0.172 e. The van der Waals surface area contributed by atoms with Crippen molar-refractivity contribution in [3.05, 3.63) is 22.2 Å². The Labute approximate surface area is 90.8 Å². The van der Waals surface area contributed by atoms with Crippen molar-refractivity contribution in [3.63, 3.8) is 0 Å². The minimum absolute atomic E-state index is 0.0187. The van der Waals surface area contributed by atoms with Crippen LogP contribution in [-0.4, -0.2) is 18.0 Å². The number of Topliss-reactive ketones (excluding diaryl/α,β-unsaturated/α-hetero) is 1. The van der Waals surface area contributed by atoms with Crippen LogP contribution in [0.25, 0.3) is 0 Å². The van der Waals surface area contributed by atoms with Gasteiger partial charge in [0.1, 0.15) is 0 Å². The Bertz CT molecular complexity index is 361. The third-order valence-electron chi connectivity index (χ3n) is 1.92. The van der Waals surface area contributed by atoms with Crippen molar-refractivity contribution in [2.45, 2.75) is 13.3 Å². The van der Waals surface area contributed by atoms with Gasteiger partial charge >= 0.3 is 0 Å². The maximum absolute atomic E-state index is 11.4. The quantitative estimate of drug-likeness (QED) is 0.849. The number of phenolic OH excluding ortho intramolecular Hbond substituents is 1. The Morgan fingerprint density at radius 2 is 2.21 bits per heavy atom. The molecule has 1 rings (SSSR count). The lowest BCUT2D eigenvalue weighted by Crippen LogP contribution is -1.98. The van der Waals surface area contributed by atoms with Gasteiger partial charge in [-0.2, -0.15) is 0 Å². The monoisotopic (exact) mass is 258 g/mol. The summed E-state index contributed by atoms with van der Waals surface area (Å²) in [7, 11) is 1.46. The maximum Gasteiger partial charge on any atom is 0.172 e. The number of methoxy groups -OCH3 is 1. The van der Waals surface area contributed by atoms with Crippen LogP contribution in [0.1, 0.15) is 23.7 Å². The topological polar surface area (TPSA) is 46.5 Å². The second kappa shape index (κ2) is 4.46. The number of halogens is 1. The van der Waals surface area contributed by atoms with Crippen LogP contribution in [0.4, 0.5) is 0 Å². The number of benzene rings is 1. The van der Waals surface area contributed by atoms with Crippen molar-refractivity contribution in [2.24, 2.45) is 0 Å². The lowest BCUT2D eigenvalue weighted by Gasteiger charge is -2.08. The molecule has 0 fully saturated rings. The van der Waals surface area contributed by atoms with E-state index in [1.165, 1.54) is 7.11 Å². The van der Waals surface area contributed by atoms with Crippen molar-refractivity contribution in [2.75, 3.05) is 7.11 Å². The lowest BCUT2D eigenvalue weighted by molar-refractivity contribution is 0.0987. The first kappa shape index (κ1) is 11.0. The van der Waals surface area contributed by atoms with Crippen molar-refractivity contribution >= 4 is 21.7 Å². The third-order valence-corrected chi connectivity index (χ3v) is 2.72. The van der Waals surface area contributed by atoms with Crippen LogP contribution in [0, 0.1) is 0 Å². The Balaban J connectivity index is 3.24. The summed E-state index contributed by atoms with van der Waals surface area (Å²) < 4.78 is 5.30. The number of phenols is 1. The first-order valence-electron chi connectivity index (χ1n) is 4.20. The Hall–Kier alpha value is -1.03. The van der Waals surface area contributed by atoms with E-state index in [9.17, 15) is 9.90 Å². The highest BCUT2D eigenvalue weighted by Gasteiger charge is 2.14. The highest BCUT2D eigenvalue weighted by Crippen LogP contribution is 2.36. The van der Waals surface area contributed by atoms with Crippen molar-refractivity contribution in [1.82, 2.24) is 0 Å². The third kappa shape index (κ3) is 1.90. The molecule has 0 saturated carbocycles. The number of rotatable bonds is 3. The van der Waals surface area contributed by atoms with Crippen LogP contribution in [0.3, 0.4) is 0 Å². The molecular formula is C10H11BrO3. The highest BCUT2D eigenvalue weighted by atomic mass is 79.9. The summed E-state index contributed by atoms with van der Waals surface area (Å²) in [6, 6.07) is 3.21. The molecule has 0 atom stereocenters. The summed E-state index contributed by atoms with van der Waals surface area (Å²) in [5, 5.41) is 9.60. The highest BCUT2D eigenvalue weighted by molar-refractivity contribution is 9.10. The molecule has 0 spiro atoms. The number of ketones is 1. The lowest BCUT2D eigenvalue weighted by atomic mass is 10.1. The summed E-state index contributed by atoms with van der Waals surface area (Å²) in [5.74, 6) is 0.297. The van der Waals surface area contributed by atoms with Crippen LogP contribution < -0.4 is 4.74 Å². The molecule has 4 heteroatoms. The van der Waals surface area contributed by atoms with E-state index >= 15 is 0 Å². The number of ether oxygens (including phenoxy) is 1. The summed E-state index contributed by atoms with van der Waals surface area (Å²) in [5.41, 5.74) is 0.478. The SMILES string of the molecule is CCC(=O)c1ccc(OC)c(O)c1Br. The van der Waals surface area contributed by atoms with Crippen LogP contribution in [0.5, 0.6) is 11.5 Å². The van der Waals surface area contributed by atoms with Gasteiger partial charge in [0.25, 0.3) is 0 Å². The molecular weight excluding hydrogens is 248 g/mol. The van der Waals surface area contributed by atoms with Gasteiger partial charge in [0, 0.05) is 12.0 Å². The maximum atomic E-state index is 11.4. The Morgan fingerprint density at radius 1 is 1.57 bits per heavy atom. The fraction of sp³-hybridized carbons (Fsp3) is 0.300. The predicted molar refractivity (Wildman–Crippen MR) is 57.0 cm³/mol. The molecule has 1 aromatic carbocycles. The van der Waals surface area contributed by atoms with Gasteiger partial charge in [-0.1, -0.05) is 6.92 Å². The number of aromatic hydroxyl groups is 1. The molecule has 0 unspecified atom stereocenters. The first-order valence-corrected chi connectivity index (χ1v) is 4.99. The molecule has 0 aromatic heterocycles. The molecule has 76 valence electrons. The van der Waals surface area contributed by atoms with Gasteiger partial charge in [0.2, 0.25) is 0 Å². The molecule has 1 aromatic rings. The molecule has 0 saturated heterocycles. The number of carbonyl (C=O) groups excluding carboxylic acids is 1. The number of hydrogen-bond acceptors (Lipinski definition) is 3. The molecule has 0 radical (unpaired) electrons. The zero-order valence-corrected chi connectivity index (χ0v) is 9.59. The largest absolute Gasteiger partial charge is 0.503 e. The fourth-order valence-electron chi connectivity index (χ4n) is 1.12. The van der Waals surface area contributed by atoms with Crippen LogP contribution >= 0.6 is 15.9 Å². The van der Waals surface area contributed by atoms with Gasteiger partial charge in [-0.25, -0.2) is 0 Å². The van der Waals surface area contributed by atoms with Gasteiger partial charge in [0.15, 0.2) is 17.3 Å². The van der Waals surface area contributed by atoms with E-state index in [0.29, 0.717) is 22.2 Å². The second-order valence-corrected chi connectivity index (χ2v) is 3.55. The Morgan fingerprint density at radius 3 is 2.71 bits per heavy atom. The average molecular weight is 259 g/mol. The summed E-state index contributed by atoms with van der Waals surface area (Å²) >= 11 is 3.16. The molecule has 14 heavy (non-hydrogen) atoms. The standard InChI is InChI=1S/C10H11BrO3/c1-3-7(12)6-4-5-8(14-2)10(13)9(6)11/h4-5,13H,3H2,1-2H3. The van der Waals surface area contributed by atoms with E-state index in [4.69, 9.17) is 4.74 Å². The summed E-state index contributed by atoms with van der Waals surface area (Å²) in [4.78, 5) is 11.4. The average Bonchev–Trinajstić information content (AvgIpc) is 2.21. The predicted octanol–water partition coefficient (Wildman–Crippen LogP) is 2.76. The molecule has 0 amide bonds. The summed E-state index contributed by atoms with van der Waals surface area (Å²) in [6.45, 7) is 1.77. The van der Waals surface area contributed by atoms with E-state index in [1.54, 1.807) is 19.1 Å². The number of carbonyl (C=O) groups is 1. The van der Waals surface area contributed by atoms with Gasteiger partial charge < -0.3 is 9.84 Å². The molecule has 0 aliphatic heterocycles. The van der Waals surface area contributed by atoms with E-state index in [0.717, 1.165) is 0 Å². The van der Waals surface area contributed by atoms with E-state index in [1.807, 2.05) is 0 Å². The minimum atomic E-state index is -0.0354. The summed E-state index contributed by atoms with van der Waals surface area (Å²) in [6.07, 6.45) is 0.407. The van der Waals surface area contributed by atoms with Gasteiger partial charge in [0.05, 0.1) is 11.6 Å². The molecule has 3 nitrogen and oxygen atoms in total. The Kier molecular flexibility index (Phi) is 3.52. The van der Waals surface area contributed by atoms with E-state index in [-0.39, 0.29) is 11.5 Å². The van der Waals surface area contributed by atoms with Crippen LogP contribution in [0.15, 0.2) is 16.6 Å². The fourth-order valence-corrected chi connectivity index (χ4v) is 1.67. The van der Waals surface area contributed by atoms with Gasteiger partial charge in [-0.3, -0.25) is 4.79 Å². The van der Waals surface area contributed by atoms with Gasteiger partial charge in [-0.05, 0) is 28.1 Å². The molecule has 0 aliphatic carbocycles. The normalized spacial score (nSPS) is 9.93. The zero-order valence-electron chi connectivity index (χ0n) is 8.00. The van der Waals surface area contributed by atoms with Crippen molar-refractivity contribution < 1.29 is 14.6 Å². The molecule has 0 bridgehead atoms. The van der Waals surface area contributed by atoms with Gasteiger partial charge in [-0.15, -0.1) is 0 Å². The van der Waals surface area contributed by atoms with E-state index in [2.05, 4.69) is 15.9 Å². The molecule has 1 N–H and O–H groups in total. The molecule has 0 aliphatic rings. The van der Waals surface area contributed by atoms with Crippen LogP contribution in [0.2, 0.25) is 0 Å². The van der Waals surface area contributed by atoms with Crippen molar-refractivity contribution in [1.29, 1.82) is 0 Å². The van der Waals surface area contributed by atoms with Crippen LogP contribution in [-0.2, 0) is 0 Å². The minimum Gasteiger partial charge on any atom is -0.503 e.